The van der Waals surface area contributed by atoms with Crippen LogP contribution in [0.4, 0.5) is 0 Å². The molecule has 0 aromatic carbocycles. The average molecular weight is 286 g/mol. The molecule has 0 spiro atoms. The zero-order valence-electron chi connectivity index (χ0n) is 10.3. The van der Waals surface area contributed by atoms with E-state index < -0.39 is 10.0 Å². The number of rotatable bonds is 5. The number of sulfonamides is 1. The van der Waals surface area contributed by atoms with Gasteiger partial charge in [0.25, 0.3) is 0 Å². The molecular formula is C12H18N2O2S2. The van der Waals surface area contributed by atoms with Gasteiger partial charge in [-0.3, -0.25) is 0 Å². The van der Waals surface area contributed by atoms with Gasteiger partial charge in [-0.25, -0.2) is 8.42 Å². The van der Waals surface area contributed by atoms with Crippen molar-refractivity contribution in [3.63, 3.8) is 0 Å². The van der Waals surface area contributed by atoms with Gasteiger partial charge in [0.15, 0.2) is 0 Å². The van der Waals surface area contributed by atoms with Crippen LogP contribution >= 0.6 is 11.3 Å². The van der Waals surface area contributed by atoms with Crippen molar-refractivity contribution in [2.75, 3.05) is 13.1 Å². The quantitative estimate of drug-likeness (QED) is 0.897. The highest BCUT2D eigenvalue weighted by molar-refractivity contribution is 7.89. The van der Waals surface area contributed by atoms with Crippen molar-refractivity contribution in [2.45, 2.75) is 43.2 Å². The molecule has 2 fully saturated rings. The predicted octanol–water partition coefficient (Wildman–Crippen LogP) is 1.78. The highest BCUT2D eigenvalue weighted by Gasteiger charge is 2.28. The van der Waals surface area contributed by atoms with Gasteiger partial charge >= 0.3 is 0 Å². The van der Waals surface area contributed by atoms with Crippen LogP contribution in [-0.2, 0) is 16.6 Å². The molecule has 1 aromatic heterocycles. The van der Waals surface area contributed by atoms with Crippen molar-refractivity contribution in [1.82, 2.24) is 9.62 Å². The second kappa shape index (κ2) is 4.92. The first kappa shape index (κ1) is 12.6. The van der Waals surface area contributed by atoms with Crippen molar-refractivity contribution in [2.24, 2.45) is 0 Å². The van der Waals surface area contributed by atoms with Crippen LogP contribution in [0.3, 0.4) is 0 Å². The van der Waals surface area contributed by atoms with Crippen molar-refractivity contribution >= 4 is 21.4 Å². The van der Waals surface area contributed by atoms with Gasteiger partial charge in [-0.15, -0.1) is 11.3 Å². The van der Waals surface area contributed by atoms with Crippen LogP contribution in [0.2, 0.25) is 0 Å². The Hall–Kier alpha value is -0.430. The third kappa shape index (κ3) is 2.61. The Balaban J connectivity index is 1.70. The Bertz CT molecular complexity index is 514. The van der Waals surface area contributed by atoms with Gasteiger partial charge in [0.05, 0.1) is 4.90 Å². The van der Waals surface area contributed by atoms with Gasteiger partial charge < -0.3 is 5.32 Å². The summed E-state index contributed by atoms with van der Waals surface area (Å²) in [5, 5.41) is 5.18. The van der Waals surface area contributed by atoms with Crippen LogP contribution in [0, 0.1) is 0 Å². The summed E-state index contributed by atoms with van der Waals surface area (Å²) in [4.78, 5) is 1.58. The predicted molar refractivity (Wildman–Crippen MR) is 72.2 cm³/mol. The molecule has 1 aromatic rings. The summed E-state index contributed by atoms with van der Waals surface area (Å²) < 4.78 is 26.2. The molecule has 18 heavy (non-hydrogen) atoms. The van der Waals surface area contributed by atoms with Crippen LogP contribution in [0.25, 0.3) is 0 Å². The van der Waals surface area contributed by atoms with Crippen molar-refractivity contribution in [3.05, 3.63) is 16.3 Å². The minimum absolute atomic E-state index is 0.474. The molecule has 6 heteroatoms. The molecule has 3 rings (SSSR count). The summed E-state index contributed by atoms with van der Waals surface area (Å²) in [6.45, 7) is 2.15. The molecule has 1 N–H and O–H groups in total. The number of thiophene rings is 1. The van der Waals surface area contributed by atoms with E-state index in [0.717, 1.165) is 24.3 Å². The van der Waals surface area contributed by atoms with Gasteiger partial charge in [-0.1, -0.05) is 0 Å². The minimum Gasteiger partial charge on any atom is -0.309 e. The Kier molecular flexibility index (Phi) is 3.44. The van der Waals surface area contributed by atoms with Crippen LogP contribution in [0.5, 0.6) is 0 Å². The fourth-order valence-corrected chi connectivity index (χ4v) is 4.93. The van der Waals surface area contributed by atoms with E-state index in [4.69, 9.17) is 0 Å². The fraction of sp³-hybridized carbons (Fsp3) is 0.667. The van der Waals surface area contributed by atoms with E-state index in [1.54, 1.807) is 9.69 Å². The molecule has 0 atom stereocenters. The molecule has 1 aliphatic carbocycles. The van der Waals surface area contributed by atoms with E-state index in [0.29, 0.717) is 24.0 Å². The molecule has 0 radical (unpaired) electrons. The van der Waals surface area contributed by atoms with Gasteiger partial charge in [-0.2, -0.15) is 4.31 Å². The maximum Gasteiger partial charge on any atom is 0.243 e. The zero-order valence-corrected chi connectivity index (χ0v) is 11.9. The lowest BCUT2D eigenvalue weighted by molar-refractivity contribution is 0.477. The third-order valence-electron chi connectivity index (χ3n) is 3.47. The van der Waals surface area contributed by atoms with E-state index in [-0.39, 0.29) is 0 Å². The largest absolute Gasteiger partial charge is 0.309 e. The monoisotopic (exact) mass is 286 g/mol. The molecule has 0 amide bonds. The summed E-state index contributed by atoms with van der Waals surface area (Å²) in [6.07, 6.45) is 4.48. The van der Waals surface area contributed by atoms with E-state index in [2.05, 4.69) is 5.32 Å². The summed E-state index contributed by atoms with van der Waals surface area (Å²) >= 11 is 1.54. The minimum atomic E-state index is -3.22. The lowest BCUT2D eigenvalue weighted by Gasteiger charge is -2.13. The smallest absolute Gasteiger partial charge is 0.243 e. The molecule has 2 aliphatic rings. The SMILES string of the molecule is O=S(=O)(c1csc(CNC2CC2)c1)N1CCCC1. The molecular weight excluding hydrogens is 268 g/mol. The summed E-state index contributed by atoms with van der Waals surface area (Å²) in [5.74, 6) is 0. The molecule has 0 bridgehead atoms. The van der Waals surface area contributed by atoms with E-state index in [1.165, 1.54) is 24.2 Å². The Morgan fingerprint density at radius 3 is 2.72 bits per heavy atom. The van der Waals surface area contributed by atoms with Gasteiger partial charge in [0.1, 0.15) is 0 Å². The summed E-state index contributed by atoms with van der Waals surface area (Å²) in [5.41, 5.74) is 0. The molecule has 4 nitrogen and oxygen atoms in total. The second-order valence-electron chi connectivity index (χ2n) is 5.02. The average Bonchev–Trinajstić information content (AvgIpc) is 2.87. The molecule has 1 aliphatic heterocycles. The van der Waals surface area contributed by atoms with Gasteiger partial charge in [0.2, 0.25) is 10.0 Å². The highest BCUT2D eigenvalue weighted by Crippen LogP contribution is 2.26. The van der Waals surface area contributed by atoms with E-state index in [9.17, 15) is 8.42 Å². The van der Waals surface area contributed by atoms with E-state index in [1.807, 2.05) is 6.07 Å². The Morgan fingerprint density at radius 1 is 1.33 bits per heavy atom. The van der Waals surface area contributed by atoms with E-state index >= 15 is 0 Å². The van der Waals surface area contributed by atoms with Gasteiger partial charge in [-0.05, 0) is 31.7 Å². The molecule has 1 saturated carbocycles. The lowest BCUT2D eigenvalue weighted by Crippen LogP contribution is -2.27. The van der Waals surface area contributed by atoms with Crippen LogP contribution in [0.1, 0.15) is 30.6 Å². The normalized spacial score (nSPS) is 21.6. The second-order valence-corrected chi connectivity index (χ2v) is 7.95. The lowest BCUT2D eigenvalue weighted by atomic mass is 10.4. The first-order valence-electron chi connectivity index (χ1n) is 6.47. The van der Waals surface area contributed by atoms with Crippen LogP contribution < -0.4 is 5.32 Å². The van der Waals surface area contributed by atoms with Gasteiger partial charge in [0, 0.05) is 35.9 Å². The number of hydrogen-bond donors (Lipinski definition) is 1. The third-order valence-corrected chi connectivity index (χ3v) is 6.44. The molecule has 0 unspecified atom stereocenters. The topological polar surface area (TPSA) is 49.4 Å². The Morgan fingerprint density at radius 2 is 2.06 bits per heavy atom. The summed E-state index contributed by atoms with van der Waals surface area (Å²) in [7, 11) is -3.22. The number of nitrogens with zero attached hydrogens (tertiary/aromatic N) is 1. The zero-order chi connectivity index (χ0) is 12.6. The van der Waals surface area contributed by atoms with Crippen molar-refractivity contribution in [1.29, 1.82) is 0 Å². The maximum absolute atomic E-state index is 12.3. The first-order chi connectivity index (χ1) is 8.66. The summed E-state index contributed by atoms with van der Waals surface area (Å²) in [6, 6.07) is 2.49. The Labute approximate surface area is 112 Å². The standard InChI is InChI=1S/C12H18N2O2S2/c15-18(16,14-5-1-2-6-14)12-7-11(17-9-12)8-13-10-3-4-10/h7,9-10,13H,1-6,8H2. The molecule has 2 heterocycles. The molecule has 1 saturated heterocycles. The maximum atomic E-state index is 12.3. The van der Waals surface area contributed by atoms with Crippen molar-refractivity contribution in [3.8, 4) is 0 Å². The molecule has 100 valence electrons. The van der Waals surface area contributed by atoms with Crippen LogP contribution in [-0.4, -0.2) is 31.9 Å². The van der Waals surface area contributed by atoms with Crippen molar-refractivity contribution < 1.29 is 8.42 Å². The number of hydrogen-bond acceptors (Lipinski definition) is 4. The first-order valence-corrected chi connectivity index (χ1v) is 8.79. The fourth-order valence-electron chi connectivity index (χ4n) is 2.20. The van der Waals surface area contributed by atoms with Crippen LogP contribution in [0.15, 0.2) is 16.3 Å². The number of nitrogens with one attached hydrogen (secondary N) is 1. The highest BCUT2D eigenvalue weighted by atomic mass is 32.2.